The fourth-order valence-electron chi connectivity index (χ4n) is 2.87. The summed E-state index contributed by atoms with van der Waals surface area (Å²) < 4.78 is 2.08. The van der Waals surface area contributed by atoms with Gasteiger partial charge in [0.25, 0.3) is 0 Å². The molecule has 0 aromatic carbocycles. The van der Waals surface area contributed by atoms with Crippen molar-refractivity contribution in [1.29, 1.82) is 0 Å². The van der Waals surface area contributed by atoms with Crippen LogP contribution in [0.2, 0.25) is 0 Å². The number of hydrogen-bond donors (Lipinski definition) is 0. The zero-order chi connectivity index (χ0) is 14.7. The Bertz CT molecular complexity index is 472. The third-order valence-corrected chi connectivity index (χ3v) is 4.49. The summed E-state index contributed by atoms with van der Waals surface area (Å²) >= 11 is 0. The van der Waals surface area contributed by atoms with Crippen LogP contribution in [0.3, 0.4) is 0 Å². The number of carbonyl (C=O) groups is 1. The Hall–Kier alpha value is -1.13. The van der Waals surface area contributed by atoms with Gasteiger partial charge in [-0.25, -0.2) is 0 Å². The maximum atomic E-state index is 12.4. The Morgan fingerprint density at radius 2 is 1.95 bits per heavy atom. The molecule has 0 radical (unpaired) electrons. The second-order valence-corrected chi connectivity index (χ2v) is 6.05. The lowest BCUT2D eigenvalue weighted by atomic mass is 10.1. The summed E-state index contributed by atoms with van der Waals surface area (Å²) in [5.41, 5.74) is 3.09. The van der Waals surface area contributed by atoms with Crippen LogP contribution in [0.1, 0.15) is 34.6 Å². The average molecular weight is 277 g/mol. The molecule has 1 aromatic heterocycles. The number of ketones is 1. The monoisotopic (exact) mass is 277 g/mol. The van der Waals surface area contributed by atoms with E-state index in [9.17, 15) is 4.79 Å². The molecule has 0 amide bonds. The van der Waals surface area contributed by atoms with E-state index in [1.807, 2.05) is 34.0 Å². The maximum absolute atomic E-state index is 12.4. The summed E-state index contributed by atoms with van der Waals surface area (Å²) in [6.07, 6.45) is 2.65. The number of carbonyl (C=O) groups excluding carboxylic acids is 1. The van der Waals surface area contributed by atoms with Crippen molar-refractivity contribution in [3.8, 4) is 0 Å². The Labute approximate surface area is 122 Å². The van der Waals surface area contributed by atoms with Gasteiger partial charge in [-0.2, -0.15) is 0 Å². The number of likely N-dealkylation sites (tertiary alicyclic amines) is 1. The molecule has 0 bridgehead atoms. The fourth-order valence-corrected chi connectivity index (χ4v) is 2.87. The van der Waals surface area contributed by atoms with E-state index in [1.165, 1.54) is 25.9 Å². The second-order valence-electron chi connectivity index (χ2n) is 6.05. The van der Waals surface area contributed by atoms with Gasteiger partial charge in [-0.1, -0.05) is 0 Å². The van der Waals surface area contributed by atoms with Gasteiger partial charge < -0.3 is 9.47 Å². The molecule has 0 saturated carbocycles. The Morgan fingerprint density at radius 3 is 2.50 bits per heavy atom. The molecule has 2 heterocycles. The third kappa shape index (κ3) is 3.49. The summed E-state index contributed by atoms with van der Waals surface area (Å²) in [6.45, 7) is 9.06. The number of aryl methyl sites for hydroxylation is 1. The molecular formula is C16H27N3O. The number of nitrogens with zero attached hydrogens (tertiary/aromatic N) is 3. The SMILES string of the molecule is Cc1cc(C(=O)CN(C)CCN2CCCC2)c(C)n1C. The number of likely N-dealkylation sites (N-methyl/N-ethyl adjacent to an activating group) is 1. The molecule has 1 aliphatic heterocycles. The van der Waals surface area contributed by atoms with E-state index in [0.717, 1.165) is 30.0 Å². The molecule has 112 valence electrons. The van der Waals surface area contributed by atoms with Gasteiger partial charge in [0.05, 0.1) is 6.54 Å². The average Bonchev–Trinajstić information content (AvgIpc) is 3.01. The van der Waals surface area contributed by atoms with E-state index in [-0.39, 0.29) is 5.78 Å². The molecular weight excluding hydrogens is 250 g/mol. The predicted molar refractivity (Wildman–Crippen MR) is 82.4 cm³/mol. The van der Waals surface area contributed by atoms with E-state index in [4.69, 9.17) is 0 Å². The molecule has 4 heteroatoms. The zero-order valence-electron chi connectivity index (χ0n) is 13.3. The second kappa shape index (κ2) is 6.55. The van der Waals surface area contributed by atoms with Crippen molar-refractivity contribution >= 4 is 5.78 Å². The smallest absolute Gasteiger partial charge is 0.178 e. The van der Waals surface area contributed by atoms with Crippen molar-refractivity contribution in [1.82, 2.24) is 14.4 Å². The highest BCUT2D eigenvalue weighted by molar-refractivity contribution is 5.99. The molecule has 1 aliphatic rings. The molecule has 1 saturated heterocycles. The Morgan fingerprint density at radius 1 is 1.30 bits per heavy atom. The van der Waals surface area contributed by atoms with E-state index in [0.29, 0.717) is 6.54 Å². The van der Waals surface area contributed by atoms with Gasteiger partial charge in [0.15, 0.2) is 5.78 Å². The Kier molecular flexibility index (Phi) is 5.00. The maximum Gasteiger partial charge on any atom is 0.178 e. The van der Waals surface area contributed by atoms with Crippen LogP contribution < -0.4 is 0 Å². The summed E-state index contributed by atoms with van der Waals surface area (Å²) in [7, 11) is 4.05. The minimum absolute atomic E-state index is 0.232. The molecule has 4 nitrogen and oxygen atoms in total. The molecule has 0 unspecified atom stereocenters. The summed E-state index contributed by atoms with van der Waals surface area (Å²) in [4.78, 5) is 17.0. The van der Waals surface area contributed by atoms with Crippen LogP contribution in [0, 0.1) is 13.8 Å². The van der Waals surface area contributed by atoms with Crippen LogP contribution in [0.4, 0.5) is 0 Å². The highest BCUT2D eigenvalue weighted by Crippen LogP contribution is 2.14. The first-order chi connectivity index (χ1) is 9.49. The van der Waals surface area contributed by atoms with Gasteiger partial charge in [0.1, 0.15) is 0 Å². The van der Waals surface area contributed by atoms with Crippen LogP contribution >= 0.6 is 0 Å². The van der Waals surface area contributed by atoms with Crippen LogP contribution in [0.15, 0.2) is 6.07 Å². The number of rotatable bonds is 6. The normalized spacial score (nSPS) is 16.2. The lowest BCUT2D eigenvalue weighted by Crippen LogP contribution is -2.34. The topological polar surface area (TPSA) is 28.5 Å². The first kappa shape index (κ1) is 15.3. The van der Waals surface area contributed by atoms with E-state index in [2.05, 4.69) is 14.4 Å². The van der Waals surface area contributed by atoms with Gasteiger partial charge in [0.2, 0.25) is 0 Å². The standard InChI is InChI=1S/C16H27N3O/c1-13-11-15(14(2)18(13)4)16(20)12-17(3)9-10-19-7-5-6-8-19/h11H,5-10,12H2,1-4H3. The van der Waals surface area contributed by atoms with E-state index >= 15 is 0 Å². The quantitative estimate of drug-likeness (QED) is 0.743. The van der Waals surface area contributed by atoms with Crippen molar-refractivity contribution in [2.75, 3.05) is 39.8 Å². The molecule has 0 aliphatic carbocycles. The van der Waals surface area contributed by atoms with Gasteiger partial charge in [0, 0.05) is 37.1 Å². The fraction of sp³-hybridized carbons (Fsp3) is 0.688. The molecule has 1 fully saturated rings. The largest absolute Gasteiger partial charge is 0.351 e. The van der Waals surface area contributed by atoms with Crippen LogP contribution in [-0.2, 0) is 7.05 Å². The van der Waals surface area contributed by atoms with Crippen molar-refractivity contribution in [2.24, 2.45) is 7.05 Å². The third-order valence-electron chi connectivity index (χ3n) is 4.49. The van der Waals surface area contributed by atoms with Gasteiger partial charge in [-0.05, 0) is 52.9 Å². The molecule has 1 aromatic rings. The van der Waals surface area contributed by atoms with Crippen LogP contribution in [0.25, 0.3) is 0 Å². The van der Waals surface area contributed by atoms with Crippen molar-refractivity contribution in [3.05, 3.63) is 23.0 Å². The highest BCUT2D eigenvalue weighted by Gasteiger charge is 2.17. The van der Waals surface area contributed by atoms with E-state index < -0.39 is 0 Å². The van der Waals surface area contributed by atoms with Crippen LogP contribution in [-0.4, -0.2) is 59.9 Å². The predicted octanol–water partition coefficient (Wildman–Crippen LogP) is 1.85. The molecule has 2 rings (SSSR count). The van der Waals surface area contributed by atoms with Crippen LogP contribution in [0.5, 0.6) is 0 Å². The summed E-state index contributed by atoms with van der Waals surface area (Å²) in [5.74, 6) is 0.232. The van der Waals surface area contributed by atoms with Gasteiger partial charge in [-0.3, -0.25) is 9.69 Å². The lowest BCUT2D eigenvalue weighted by molar-refractivity contribution is 0.0940. The summed E-state index contributed by atoms with van der Waals surface area (Å²) in [6, 6.07) is 2.01. The van der Waals surface area contributed by atoms with Gasteiger partial charge >= 0.3 is 0 Å². The molecule has 20 heavy (non-hydrogen) atoms. The van der Waals surface area contributed by atoms with Crippen molar-refractivity contribution in [2.45, 2.75) is 26.7 Å². The molecule has 0 N–H and O–H groups in total. The van der Waals surface area contributed by atoms with Crippen molar-refractivity contribution in [3.63, 3.8) is 0 Å². The number of hydrogen-bond acceptors (Lipinski definition) is 3. The molecule has 0 spiro atoms. The Balaban J connectivity index is 1.85. The first-order valence-electron chi connectivity index (χ1n) is 7.56. The molecule has 0 atom stereocenters. The minimum atomic E-state index is 0.232. The lowest BCUT2D eigenvalue weighted by Gasteiger charge is -2.20. The van der Waals surface area contributed by atoms with Crippen molar-refractivity contribution < 1.29 is 4.79 Å². The zero-order valence-corrected chi connectivity index (χ0v) is 13.3. The minimum Gasteiger partial charge on any atom is -0.351 e. The van der Waals surface area contributed by atoms with Gasteiger partial charge in [-0.15, -0.1) is 0 Å². The number of Topliss-reactive ketones (excluding diaryl/α,β-unsaturated/α-hetero) is 1. The van der Waals surface area contributed by atoms with E-state index in [1.54, 1.807) is 0 Å². The first-order valence-corrected chi connectivity index (χ1v) is 7.56. The summed E-state index contributed by atoms with van der Waals surface area (Å²) in [5, 5.41) is 0. The number of aromatic nitrogens is 1. The highest BCUT2D eigenvalue weighted by atomic mass is 16.1.